The highest BCUT2D eigenvalue weighted by atomic mass is 16.4. The molecule has 1 aliphatic rings. The van der Waals surface area contributed by atoms with Gasteiger partial charge in [0, 0.05) is 16.6 Å². The van der Waals surface area contributed by atoms with Crippen LogP contribution < -0.4 is 0 Å². The molecule has 1 unspecified atom stereocenters. The number of carbonyl (C=O) groups excluding carboxylic acids is 1. The van der Waals surface area contributed by atoms with Crippen LogP contribution in [0.5, 0.6) is 0 Å². The molecule has 0 bridgehead atoms. The van der Waals surface area contributed by atoms with Gasteiger partial charge >= 0.3 is 5.97 Å². The fourth-order valence-corrected chi connectivity index (χ4v) is 4.40. The number of aliphatic carboxylic acids is 1. The molecule has 1 atom stereocenters. The minimum atomic E-state index is -0.761. The van der Waals surface area contributed by atoms with Crippen LogP contribution in [0.3, 0.4) is 0 Å². The van der Waals surface area contributed by atoms with E-state index >= 15 is 0 Å². The summed E-state index contributed by atoms with van der Waals surface area (Å²) in [6.45, 7) is 0. The van der Waals surface area contributed by atoms with E-state index in [1.807, 2.05) is 66.7 Å². The maximum Gasteiger partial charge on any atom is 0.306 e. The molecule has 1 N–H and O–H groups in total. The quantitative estimate of drug-likeness (QED) is 0.558. The van der Waals surface area contributed by atoms with Gasteiger partial charge in [0.1, 0.15) is 0 Å². The summed E-state index contributed by atoms with van der Waals surface area (Å²) in [5, 5.41) is 12.6. The highest BCUT2D eigenvalue weighted by Crippen LogP contribution is 2.35. The monoisotopic (exact) mass is 369 g/mol. The minimum Gasteiger partial charge on any atom is -0.481 e. The molecule has 5 rings (SSSR count). The van der Waals surface area contributed by atoms with Crippen LogP contribution in [-0.2, 0) is 17.6 Å². The summed E-state index contributed by atoms with van der Waals surface area (Å²) in [6, 6.07) is 21.6. The third-order valence-electron chi connectivity index (χ3n) is 5.82. The molecule has 4 heteroatoms. The molecule has 4 aromatic rings. The van der Waals surface area contributed by atoms with Crippen LogP contribution in [0, 0.1) is 5.92 Å². The zero-order valence-corrected chi connectivity index (χ0v) is 15.3. The number of para-hydroxylation sites is 1. The van der Waals surface area contributed by atoms with Crippen LogP contribution in [-0.4, -0.2) is 21.6 Å². The second-order valence-corrected chi connectivity index (χ2v) is 7.42. The van der Waals surface area contributed by atoms with Crippen molar-refractivity contribution in [2.45, 2.75) is 19.3 Å². The van der Waals surface area contributed by atoms with Crippen molar-refractivity contribution in [2.24, 2.45) is 5.92 Å². The zero-order valence-electron chi connectivity index (χ0n) is 15.3. The summed E-state index contributed by atoms with van der Waals surface area (Å²) in [5.41, 5.74) is 3.46. The molecule has 0 radical (unpaired) electrons. The van der Waals surface area contributed by atoms with Gasteiger partial charge in [-0.1, -0.05) is 48.5 Å². The Balaban J connectivity index is 1.68. The maximum atomic E-state index is 13.5. The lowest BCUT2D eigenvalue weighted by Gasteiger charge is -2.20. The summed E-state index contributed by atoms with van der Waals surface area (Å²) < 4.78 is 1.80. The van der Waals surface area contributed by atoms with E-state index in [0.717, 1.165) is 32.9 Å². The predicted octanol–water partition coefficient (Wildman–Crippen LogP) is 4.67. The van der Waals surface area contributed by atoms with Gasteiger partial charge in [0.15, 0.2) is 0 Å². The number of carboxylic acid groups (broad SMARTS) is 1. The Morgan fingerprint density at radius 3 is 2.50 bits per heavy atom. The lowest BCUT2D eigenvalue weighted by molar-refractivity contribution is -0.142. The van der Waals surface area contributed by atoms with Crippen molar-refractivity contribution in [1.82, 2.24) is 4.57 Å². The van der Waals surface area contributed by atoms with Crippen LogP contribution in [0.15, 0.2) is 66.7 Å². The fourth-order valence-electron chi connectivity index (χ4n) is 4.40. The molecular formula is C24H19NO3. The zero-order chi connectivity index (χ0) is 19.3. The van der Waals surface area contributed by atoms with Crippen molar-refractivity contribution in [3.63, 3.8) is 0 Å². The van der Waals surface area contributed by atoms with E-state index in [9.17, 15) is 14.7 Å². The van der Waals surface area contributed by atoms with Crippen molar-refractivity contribution < 1.29 is 14.7 Å². The summed E-state index contributed by atoms with van der Waals surface area (Å²) in [7, 11) is 0. The predicted molar refractivity (Wildman–Crippen MR) is 109 cm³/mol. The standard InChI is InChI=1S/C24H19NO3/c26-23(17-10-9-15-5-1-2-6-16(15)13-17)25-21-8-4-3-7-19(21)20-14-18(24(27)28)11-12-22(20)25/h1-10,13,18H,11-12,14H2,(H,27,28). The number of fused-ring (bicyclic) bond motifs is 4. The van der Waals surface area contributed by atoms with E-state index in [-0.39, 0.29) is 11.8 Å². The van der Waals surface area contributed by atoms with Gasteiger partial charge in [-0.3, -0.25) is 14.2 Å². The number of hydrogen-bond donors (Lipinski definition) is 1. The third-order valence-corrected chi connectivity index (χ3v) is 5.82. The number of nitrogens with zero attached hydrogens (tertiary/aromatic N) is 1. The average molecular weight is 369 g/mol. The first-order chi connectivity index (χ1) is 13.6. The Bertz CT molecular complexity index is 1250. The van der Waals surface area contributed by atoms with E-state index in [1.54, 1.807) is 4.57 Å². The van der Waals surface area contributed by atoms with Gasteiger partial charge < -0.3 is 5.11 Å². The molecular weight excluding hydrogens is 350 g/mol. The van der Waals surface area contributed by atoms with E-state index < -0.39 is 5.97 Å². The Labute approximate surface area is 162 Å². The Hall–Kier alpha value is -3.40. The first kappa shape index (κ1) is 16.8. The summed E-state index contributed by atoms with van der Waals surface area (Å²) >= 11 is 0. The highest BCUT2D eigenvalue weighted by molar-refractivity contribution is 6.06. The average Bonchev–Trinajstić information content (AvgIpc) is 3.06. The normalized spacial score (nSPS) is 16.2. The number of benzene rings is 3. The van der Waals surface area contributed by atoms with Gasteiger partial charge in [0.2, 0.25) is 0 Å². The van der Waals surface area contributed by atoms with Crippen molar-refractivity contribution in [1.29, 1.82) is 0 Å². The van der Waals surface area contributed by atoms with E-state index in [1.165, 1.54) is 0 Å². The van der Waals surface area contributed by atoms with Gasteiger partial charge in [-0.2, -0.15) is 0 Å². The van der Waals surface area contributed by atoms with Crippen LogP contribution in [0.4, 0.5) is 0 Å². The topological polar surface area (TPSA) is 59.3 Å². The molecule has 1 aliphatic carbocycles. The van der Waals surface area contributed by atoms with Gasteiger partial charge in [-0.15, -0.1) is 0 Å². The Morgan fingerprint density at radius 2 is 1.68 bits per heavy atom. The van der Waals surface area contributed by atoms with Gasteiger partial charge in [0.25, 0.3) is 5.91 Å². The minimum absolute atomic E-state index is 0.0584. The van der Waals surface area contributed by atoms with Crippen molar-refractivity contribution in [3.05, 3.63) is 83.6 Å². The molecule has 138 valence electrons. The van der Waals surface area contributed by atoms with Crippen LogP contribution in [0.1, 0.15) is 28.0 Å². The van der Waals surface area contributed by atoms with Crippen LogP contribution in [0.2, 0.25) is 0 Å². The number of aromatic nitrogens is 1. The lowest BCUT2D eigenvalue weighted by atomic mass is 9.86. The molecule has 0 amide bonds. The molecule has 0 fully saturated rings. The summed E-state index contributed by atoms with van der Waals surface area (Å²) in [4.78, 5) is 25.0. The molecule has 28 heavy (non-hydrogen) atoms. The molecule has 4 nitrogen and oxygen atoms in total. The molecule has 0 spiro atoms. The number of rotatable bonds is 2. The molecule has 0 saturated carbocycles. The molecule has 1 aromatic heterocycles. The van der Waals surface area contributed by atoms with E-state index in [4.69, 9.17) is 0 Å². The number of carbonyl (C=O) groups is 2. The SMILES string of the molecule is O=C(O)C1CCc2c(c3ccccc3n2C(=O)c2ccc3ccccc3c2)C1. The molecule has 1 heterocycles. The first-order valence-corrected chi connectivity index (χ1v) is 9.51. The van der Waals surface area contributed by atoms with Crippen molar-refractivity contribution in [3.8, 4) is 0 Å². The Morgan fingerprint density at radius 1 is 0.929 bits per heavy atom. The van der Waals surface area contributed by atoms with Gasteiger partial charge in [-0.05, 0) is 53.8 Å². The number of hydrogen-bond acceptors (Lipinski definition) is 2. The van der Waals surface area contributed by atoms with Crippen LogP contribution in [0.25, 0.3) is 21.7 Å². The van der Waals surface area contributed by atoms with Gasteiger partial charge in [0.05, 0.1) is 11.4 Å². The second-order valence-electron chi connectivity index (χ2n) is 7.42. The Kier molecular flexibility index (Phi) is 3.79. The fraction of sp³-hybridized carbons (Fsp3) is 0.167. The first-order valence-electron chi connectivity index (χ1n) is 9.51. The highest BCUT2D eigenvalue weighted by Gasteiger charge is 2.30. The summed E-state index contributed by atoms with van der Waals surface area (Å²) in [5.74, 6) is -1.21. The largest absolute Gasteiger partial charge is 0.481 e. The number of carboxylic acids is 1. The molecule has 0 saturated heterocycles. The lowest BCUT2D eigenvalue weighted by Crippen LogP contribution is -2.24. The summed E-state index contributed by atoms with van der Waals surface area (Å²) in [6.07, 6.45) is 1.63. The molecule has 3 aromatic carbocycles. The molecule has 0 aliphatic heterocycles. The second kappa shape index (κ2) is 6.34. The van der Waals surface area contributed by atoms with Crippen molar-refractivity contribution in [2.75, 3.05) is 0 Å². The van der Waals surface area contributed by atoms with E-state index in [2.05, 4.69) is 0 Å². The maximum absolute atomic E-state index is 13.5. The van der Waals surface area contributed by atoms with Crippen molar-refractivity contribution >= 4 is 33.6 Å². The van der Waals surface area contributed by atoms with Gasteiger partial charge in [-0.25, -0.2) is 0 Å². The van der Waals surface area contributed by atoms with Crippen LogP contribution >= 0.6 is 0 Å². The third kappa shape index (κ3) is 2.53. The van der Waals surface area contributed by atoms with E-state index in [0.29, 0.717) is 24.8 Å². The smallest absolute Gasteiger partial charge is 0.306 e.